The van der Waals surface area contributed by atoms with Gasteiger partial charge in [0.15, 0.2) is 18.9 Å². The Balaban J connectivity index is 1.83. The summed E-state index contributed by atoms with van der Waals surface area (Å²) in [5, 5.41) is 90.2. The van der Waals surface area contributed by atoms with Gasteiger partial charge in [0.05, 0.1) is 19.3 Å². The zero-order valence-electron chi connectivity index (χ0n) is 18.5. The highest BCUT2D eigenvalue weighted by atomic mass is 16.8. The van der Waals surface area contributed by atoms with E-state index in [1.807, 2.05) is 0 Å². The third-order valence-electron chi connectivity index (χ3n) is 6.26. The summed E-state index contributed by atoms with van der Waals surface area (Å²) < 4.78 is 32.8. The van der Waals surface area contributed by atoms with Crippen LogP contribution in [0.4, 0.5) is 0 Å². The molecule has 3 rings (SSSR count). The Bertz CT molecular complexity index is 637. The van der Waals surface area contributed by atoms with Gasteiger partial charge in [0, 0.05) is 7.11 Å². The van der Waals surface area contributed by atoms with Gasteiger partial charge >= 0.3 is 0 Å². The zero-order valence-corrected chi connectivity index (χ0v) is 18.5. The summed E-state index contributed by atoms with van der Waals surface area (Å²) in [7, 11) is 1.25. The molecule has 3 saturated heterocycles. The average Bonchev–Trinajstić information content (AvgIpc) is 2.83. The van der Waals surface area contributed by atoms with Crippen LogP contribution in [0.5, 0.6) is 0 Å². The zero-order chi connectivity index (χ0) is 25.3. The normalized spacial score (nSPS) is 52.5. The van der Waals surface area contributed by atoms with E-state index in [1.165, 1.54) is 14.0 Å². The van der Waals surface area contributed by atoms with Crippen LogP contribution in [0.2, 0.25) is 0 Å². The molecule has 3 heterocycles. The Morgan fingerprint density at radius 1 is 0.559 bits per heavy atom. The topological polar surface area (TPSA) is 237 Å². The van der Waals surface area contributed by atoms with Crippen LogP contribution in [0.15, 0.2) is 0 Å². The summed E-state index contributed by atoms with van der Waals surface area (Å²) in [4.78, 5) is 0. The van der Waals surface area contributed by atoms with Gasteiger partial charge in [-0.15, -0.1) is 0 Å². The van der Waals surface area contributed by atoms with Crippen LogP contribution in [0.3, 0.4) is 0 Å². The van der Waals surface area contributed by atoms with Crippen molar-refractivity contribution in [2.45, 2.75) is 99.0 Å². The molecule has 0 aromatic rings. The quantitative estimate of drug-likeness (QED) is 0.157. The maximum atomic E-state index is 10.8. The van der Waals surface area contributed by atoms with Crippen LogP contribution >= 0.6 is 0 Å². The predicted molar refractivity (Wildman–Crippen MR) is 105 cm³/mol. The molecule has 0 amide bonds. The third kappa shape index (κ3) is 5.39. The molecule has 15 heteroatoms. The first kappa shape index (κ1) is 28.0. The second-order valence-corrected chi connectivity index (χ2v) is 8.53. The Kier molecular flexibility index (Phi) is 9.57. The summed E-state index contributed by atoms with van der Waals surface area (Å²) in [6.45, 7) is 0.111. The second kappa shape index (κ2) is 11.6. The molecule has 3 fully saturated rings. The van der Waals surface area contributed by atoms with Gasteiger partial charge in [-0.2, -0.15) is 0 Å². The summed E-state index contributed by atoms with van der Waals surface area (Å²) >= 11 is 0. The fourth-order valence-electron chi connectivity index (χ4n) is 4.20. The van der Waals surface area contributed by atoms with E-state index in [0.717, 1.165) is 0 Å². The highest BCUT2D eigenvalue weighted by Crippen LogP contribution is 2.33. The van der Waals surface area contributed by atoms with Crippen LogP contribution in [-0.2, 0) is 28.4 Å². The standard InChI is InChI=1S/C19H34O15/c1-5-15(33-18-12(26)10(24)8(22)6(3-20)31-18)16(14(28)17(29-2)30-5)34-19-13(27)11(25)9(23)7(4-21)32-19/h5-28H,3-4H2,1-2H3/t5-,6-,7-,8-,9-,10+,11+,12-,13-,14+,15-,16-,17+,18-,19-/m0/s1. The molecule has 0 unspecified atom stereocenters. The molecule has 0 spiro atoms. The van der Waals surface area contributed by atoms with E-state index in [0.29, 0.717) is 0 Å². The third-order valence-corrected chi connectivity index (χ3v) is 6.26. The highest BCUT2D eigenvalue weighted by Gasteiger charge is 2.53. The monoisotopic (exact) mass is 502 g/mol. The molecule has 3 aliphatic rings. The van der Waals surface area contributed by atoms with Crippen molar-refractivity contribution in [1.82, 2.24) is 0 Å². The smallest absolute Gasteiger partial charge is 0.187 e. The van der Waals surface area contributed by atoms with Crippen molar-refractivity contribution in [3.05, 3.63) is 0 Å². The Hall–Kier alpha value is -0.600. The van der Waals surface area contributed by atoms with Crippen LogP contribution < -0.4 is 0 Å². The van der Waals surface area contributed by atoms with Crippen LogP contribution in [0.1, 0.15) is 6.92 Å². The molecule has 3 aliphatic heterocycles. The lowest BCUT2D eigenvalue weighted by Crippen LogP contribution is -2.66. The van der Waals surface area contributed by atoms with E-state index in [4.69, 9.17) is 28.4 Å². The summed E-state index contributed by atoms with van der Waals surface area (Å²) in [5.41, 5.74) is 0. The molecule has 0 saturated carbocycles. The van der Waals surface area contributed by atoms with Crippen molar-refractivity contribution < 1.29 is 74.4 Å². The van der Waals surface area contributed by atoms with E-state index in [2.05, 4.69) is 0 Å². The fourth-order valence-corrected chi connectivity index (χ4v) is 4.20. The maximum absolute atomic E-state index is 10.8. The van der Waals surface area contributed by atoms with Crippen molar-refractivity contribution >= 4 is 0 Å². The van der Waals surface area contributed by atoms with E-state index >= 15 is 0 Å². The van der Waals surface area contributed by atoms with Crippen LogP contribution in [0.25, 0.3) is 0 Å². The van der Waals surface area contributed by atoms with Crippen molar-refractivity contribution in [2.24, 2.45) is 0 Å². The van der Waals surface area contributed by atoms with Gasteiger partial charge in [-0.05, 0) is 6.92 Å². The number of aliphatic hydroxyl groups excluding tert-OH is 9. The molecule has 0 aromatic heterocycles. The Labute approximate surface area is 194 Å². The van der Waals surface area contributed by atoms with Crippen LogP contribution in [-0.4, -0.2) is 158 Å². The number of aliphatic hydroxyl groups is 9. The molecular weight excluding hydrogens is 468 g/mol. The Morgan fingerprint density at radius 2 is 1.00 bits per heavy atom. The lowest BCUT2D eigenvalue weighted by Gasteiger charge is -2.48. The van der Waals surface area contributed by atoms with Gasteiger partial charge in [-0.1, -0.05) is 0 Å². The molecule has 200 valence electrons. The first-order valence-electron chi connectivity index (χ1n) is 10.8. The van der Waals surface area contributed by atoms with Crippen LogP contribution in [0, 0.1) is 0 Å². The Morgan fingerprint density at radius 3 is 1.41 bits per heavy atom. The molecule has 0 aromatic carbocycles. The van der Waals surface area contributed by atoms with Crippen molar-refractivity contribution in [3.63, 3.8) is 0 Å². The molecule has 15 atom stereocenters. The number of hydrogen-bond acceptors (Lipinski definition) is 15. The van der Waals surface area contributed by atoms with Crippen molar-refractivity contribution in [2.75, 3.05) is 20.3 Å². The summed E-state index contributed by atoms with van der Waals surface area (Å²) in [6.07, 6.45) is -22.4. The first-order valence-corrected chi connectivity index (χ1v) is 10.8. The van der Waals surface area contributed by atoms with Gasteiger partial charge in [0.1, 0.15) is 67.1 Å². The molecule has 0 radical (unpaired) electrons. The van der Waals surface area contributed by atoms with E-state index in [9.17, 15) is 46.0 Å². The van der Waals surface area contributed by atoms with Gasteiger partial charge in [0.25, 0.3) is 0 Å². The minimum atomic E-state index is -1.78. The number of methoxy groups -OCH3 is 1. The highest BCUT2D eigenvalue weighted by molar-refractivity contribution is 4.96. The molecule has 9 N–H and O–H groups in total. The van der Waals surface area contributed by atoms with Crippen molar-refractivity contribution in [3.8, 4) is 0 Å². The number of hydrogen-bond donors (Lipinski definition) is 9. The predicted octanol–water partition coefficient (Wildman–Crippen LogP) is -5.89. The van der Waals surface area contributed by atoms with Gasteiger partial charge in [-0.3, -0.25) is 0 Å². The molecule has 15 nitrogen and oxygen atoms in total. The molecule has 0 bridgehead atoms. The van der Waals surface area contributed by atoms with E-state index < -0.39 is 105 Å². The van der Waals surface area contributed by atoms with E-state index in [-0.39, 0.29) is 0 Å². The first-order chi connectivity index (χ1) is 16.0. The molecule has 0 aliphatic carbocycles. The molecule has 34 heavy (non-hydrogen) atoms. The minimum absolute atomic E-state index is 0.694. The minimum Gasteiger partial charge on any atom is -0.394 e. The van der Waals surface area contributed by atoms with Gasteiger partial charge in [0.2, 0.25) is 0 Å². The maximum Gasteiger partial charge on any atom is 0.187 e. The lowest BCUT2D eigenvalue weighted by atomic mass is 9.96. The average molecular weight is 502 g/mol. The lowest BCUT2D eigenvalue weighted by molar-refractivity contribution is -0.382. The number of rotatable bonds is 7. The second-order valence-electron chi connectivity index (χ2n) is 8.53. The van der Waals surface area contributed by atoms with Crippen molar-refractivity contribution in [1.29, 1.82) is 0 Å². The molecular formula is C19H34O15. The van der Waals surface area contributed by atoms with Gasteiger partial charge in [-0.25, -0.2) is 0 Å². The fraction of sp³-hybridized carbons (Fsp3) is 1.00. The summed E-state index contributed by atoms with van der Waals surface area (Å²) in [6, 6.07) is 0. The van der Waals surface area contributed by atoms with Gasteiger partial charge < -0.3 is 74.4 Å². The summed E-state index contributed by atoms with van der Waals surface area (Å²) in [5.74, 6) is 0. The SMILES string of the molecule is CO[C@@H]1O[C@@H](C)[C@H](O[C@@H]2O[C@@H](CO)[C@H](O)[C@@H](O)[C@@H]2O)[C@@H](O[C@@H]2O[C@@H](CO)[C@H](O)[C@@H](O)[C@@H]2O)[C@H]1O. The number of ether oxygens (including phenoxy) is 6. The van der Waals surface area contributed by atoms with E-state index in [1.54, 1.807) is 0 Å². The largest absolute Gasteiger partial charge is 0.394 e.